The summed E-state index contributed by atoms with van der Waals surface area (Å²) in [6.45, 7) is 4.64. The maximum atomic E-state index is 11.6. The van der Waals surface area contributed by atoms with Gasteiger partial charge in [-0.1, -0.05) is 5.16 Å². The minimum absolute atomic E-state index is 0.0114. The number of ether oxygens (including phenoxy) is 1. The number of aliphatic carboxylic acids is 1. The second kappa shape index (κ2) is 6.19. The van der Waals surface area contributed by atoms with Gasteiger partial charge in [-0.25, -0.2) is 4.79 Å². The first kappa shape index (κ1) is 13.4. The van der Waals surface area contributed by atoms with Crippen LogP contribution < -0.4 is 5.32 Å². The molecule has 0 radical (unpaired) electrons. The molecule has 1 aliphatic heterocycles. The van der Waals surface area contributed by atoms with Crippen LogP contribution in [-0.4, -0.2) is 48.1 Å². The maximum absolute atomic E-state index is 11.6. The zero-order chi connectivity index (χ0) is 12.8. The summed E-state index contributed by atoms with van der Waals surface area (Å²) in [5.74, 6) is -1.54. The molecule has 0 aromatic heterocycles. The first-order valence-electron chi connectivity index (χ1n) is 5.38. The standard InChI is InChI=1S/C10H16N2O5/c1-3-16-5-6(2)11-9(13)8-4-7(10(14)15)12-17-8/h6,8H,3-5H2,1-2H3,(H,11,13)(H,14,15). The Kier molecular flexibility index (Phi) is 4.89. The van der Waals surface area contributed by atoms with Crippen molar-refractivity contribution < 1.29 is 24.3 Å². The Hall–Kier alpha value is -1.63. The summed E-state index contributed by atoms with van der Waals surface area (Å²) in [7, 11) is 0. The van der Waals surface area contributed by atoms with E-state index >= 15 is 0 Å². The normalized spacial score (nSPS) is 20.4. The van der Waals surface area contributed by atoms with E-state index in [0.29, 0.717) is 13.2 Å². The largest absolute Gasteiger partial charge is 0.477 e. The van der Waals surface area contributed by atoms with E-state index in [0.717, 1.165) is 0 Å². The summed E-state index contributed by atoms with van der Waals surface area (Å²) in [6.07, 6.45) is -0.868. The number of carbonyl (C=O) groups excluding carboxylic acids is 1. The predicted octanol–water partition coefficient (Wildman–Crippen LogP) is -0.243. The van der Waals surface area contributed by atoms with Gasteiger partial charge >= 0.3 is 5.97 Å². The molecule has 0 aromatic rings. The molecular formula is C10H16N2O5. The van der Waals surface area contributed by atoms with Gasteiger partial charge < -0.3 is 20.0 Å². The maximum Gasteiger partial charge on any atom is 0.353 e. The van der Waals surface area contributed by atoms with Crippen LogP contribution in [0.4, 0.5) is 0 Å². The monoisotopic (exact) mass is 244 g/mol. The molecule has 17 heavy (non-hydrogen) atoms. The lowest BCUT2D eigenvalue weighted by atomic mass is 10.1. The molecule has 0 saturated carbocycles. The van der Waals surface area contributed by atoms with E-state index in [1.807, 2.05) is 6.92 Å². The van der Waals surface area contributed by atoms with E-state index in [-0.39, 0.29) is 24.1 Å². The lowest BCUT2D eigenvalue weighted by Gasteiger charge is -2.15. The van der Waals surface area contributed by atoms with Gasteiger partial charge in [-0.3, -0.25) is 4.79 Å². The average Bonchev–Trinajstić information content (AvgIpc) is 2.75. The molecule has 7 nitrogen and oxygen atoms in total. The lowest BCUT2D eigenvalue weighted by molar-refractivity contribution is -0.132. The smallest absolute Gasteiger partial charge is 0.353 e. The first-order chi connectivity index (χ1) is 8.04. The van der Waals surface area contributed by atoms with Crippen LogP contribution in [0.5, 0.6) is 0 Å². The third kappa shape index (κ3) is 4.03. The van der Waals surface area contributed by atoms with Crippen LogP contribution in [-0.2, 0) is 19.2 Å². The Bertz CT molecular complexity index is 329. The third-order valence-electron chi connectivity index (χ3n) is 2.17. The quantitative estimate of drug-likeness (QED) is 0.672. The van der Waals surface area contributed by atoms with E-state index in [4.69, 9.17) is 14.7 Å². The van der Waals surface area contributed by atoms with Crippen LogP contribution in [0, 0.1) is 0 Å². The molecule has 2 atom stereocenters. The van der Waals surface area contributed by atoms with Crippen LogP contribution in [0.25, 0.3) is 0 Å². The molecule has 0 aliphatic carbocycles. The van der Waals surface area contributed by atoms with Crippen molar-refractivity contribution in [2.24, 2.45) is 5.16 Å². The van der Waals surface area contributed by atoms with Gasteiger partial charge in [0, 0.05) is 19.1 Å². The van der Waals surface area contributed by atoms with Crippen molar-refractivity contribution in [3.63, 3.8) is 0 Å². The second-order valence-electron chi connectivity index (χ2n) is 3.71. The van der Waals surface area contributed by atoms with E-state index in [9.17, 15) is 9.59 Å². The van der Waals surface area contributed by atoms with E-state index in [1.54, 1.807) is 6.92 Å². The SMILES string of the molecule is CCOCC(C)NC(=O)C1CC(C(=O)O)=NO1. The van der Waals surface area contributed by atoms with Crippen molar-refractivity contribution >= 4 is 17.6 Å². The number of nitrogens with zero attached hydrogens (tertiary/aromatic N) is 1. The Balaban J connectivity index is 2.33. The number of rotatable bonds is 6. The van der Waals surface area contributed by atoms with Crippen molar-refractivity contribution in [3.05, 3.63) is 0 Å². The van der Waals surface area contributed by atoms with Crippen LogP contribution in [0.2, 0.25) is 0 Å². The molecule has 1 aliphatic rings. The lowest BCUT2D eigenvalue weighted by Crippen LogP contribution is -2.42. The van der Waals surface area contributed by atoms with Gasteiger partial charge in [-0.15, -0.1) is 0 Å². The number of hydrogen-bond donors (Lipinski definition) is 2. The van der Waals surface area contributed by atoms with Crippen molar-refractivity contribution in [2.75, 3.05) is 13.2 Å². The molecule has 0 fully saturated rings. The van der Waals surface area contributed by atoms with Crippen LogP contribution in [0.1, 0.15) is 20.3 Å². The van der Waals surface area contributed by atoms with E-state index < -0.39 is 12.1 Å². The minimum Gasteiger partial charge on any atom is -0.477 e. The van der Waals surface area contributed by atoms with Gasteiger partial charge in [0.05, 0.1) is 6.61 Å². The van der Waals surface area contributed by atoms with Crippen molar-refractivity contribution in [1.29, 1.82) is 0 Å². The molecule has 1 heterocycles. The van der Waals surface area contributed by atoms with Gasteiger partial charge in [0.2, 0.25) is 6.10 Å². The number of oxime groups is 1. The molecule has 1 rings (SSSR count). The van der Waals surface area contributed by atoms with Gasteiger partial charge in [-0.05, 0) is 13.8 Å². The van der Waals surface area contributed by atoms with E-state index in [1.165, 1.54) is 0 Å². The van der Waals surface area contributed by atoms with Gasteiger partial charge in [0.15, 0.2) is 5.71 Å². The van der Waals surface area contributed by atoms with Crippen molar-refractivity contribution in [2.45, 2.75) is 32.4 Å². The molecule has 0 spiro atoms. The number of amides is 1. The molecule has 96 valence electrons. The summed E-state index contributed by atoms with van der Waals surface area (Å²) in [4.78, 5) is 26.9. The third-order valence-corrected chi connectivity index (χ3v) is 2.17. The summed E-state index contributed by atoms with van der Waals surface area (Å²) in [6, 6.07) is -0.153. The van der Waals surface area contributed by atoms with Crippen LogP contribution in [0.3, 0.4) is 0 Å². The number of hydrogen-bond acceptors (Lipinski definition) is 5. The van der Waals surface area contributed by atoms with Crippen molar-refractivity contribution in [1.82, 2.24) is 5.32 Å². The summed E-state index contributed by atoms with van der Waals surface area (Å²) in [5, 5.41) is 14.6. The Morgan fingerprint density at radius 1 is 1.71 bits per heavy atom. The molecular weight excluding hydrogens is 228 g/mol. The second-order valence-corrected chi connectivity index (χ2v) is 3.71. The van der Waals surface area contributed by atoms with E-state index in [2.05, 4.69) is 10.5 Å². The molecule has 1 amide bonds. The zero-order valence-electron chi connectivity index (χ0n) is 9.80. The van der Waals surface area contributed by atoms with Crippen LogP contribution >= 0.6 is 0 Å². The predicted molar refractivity (Wildman–Crippen MR) is 58.7 cm³/mol. The first-order valence-corrected chi connectivity index (χ1v) is 5.38. The fourth-order valence-electron chi connectivity index (χ4n) is 1.32. The number of carbonyl (C=O) groups is 2. The fraction of sp³-hybridized carbons (Fsp3) is 0.700. The highest BCUT2D eigenvalue weighted by Gasteiger charge is 2.31. The van der Waals surface area contributed by atoms with Crippen molar-refractivity contribution in [3.8, 4) is 0 Å². The highest BCUT2D eigenvalue weighted by atomic mass is 16.6. The van der Waals surface area contributed by atoms with Crippen LogP contribution in [0.15, 0.2) is 5.16 Å². The molecule has 2 unspecified atom stereocenters. The Morgan fingerprint density at radius 3 is 2.94 bits per heavy atom. The number of nitrogens with one attached hydrogen (secondary N) is 1. The van der Waals surface area contributed by atoms with Gasteiger partial charge in [0.25, 0.3) is 5.91 Å². The topological polar surface area (TPSA) is 97.2 Å². The minimum atomic E-state index is -1.16. The Morgan fingerprint density at radius 2 is 2.41 bits per heavy atom. The van der Waals surface area contributed by atoms with Gasteiger partial charge in [0.1, 0.15) is 0 Å². The highest BCUT2D eigenvalue weighted by Crippen LogP contribution is 2.10. The molecule has 2 N–H and O–H groups in total. The molecule has 0 aromatic carbocycles. The Labute approximate surface area is 98.8 Å². The number of carboxylic acids is 1. The van der Waals surface area contributed by atoms with Gasteiger partial charge in [-0.2, -0.15) is 0 Å². The summed E-state index contributed by atoms with van der Waals surface area (Å²) < 4.78 is 5.14. The number of carboxylic acid groups (broad SMARTS) is 1. The highest BCUT2D eigenvalue weighted by molar-refractivity contribution is 6.36. The molecule has 0 bridgehead atoms. The zero-order valence-corrected chi connectivity index (χ0v) is 9.80. The molecule has 0 saturated heterocycles. The summed E-state index contributed by atoms with van der Waals surface area (Å²) >= 11 is 0. The molecule has 7 heteroatoms. The summed E-state index contributed by atoms with van der Waals surface area (Å²) in [5.41, 5.74) is -0.136. The fourth-order valence-corrected chi connectivity index (χ4v) is 1.32. The average molecular weight is 244 g/mol.